The van der Waals surface area contributed by atoms with E-state index in [0.717, 1.165) is 5.56 Å². The Labute approximate surface area is 135 Å². The van der Waals surface area contributed by atoms with Crippen LogP contribution in [0, 0.1) is 11.8 Å². The van der Waals surface area contributed by atoms with Gasteiger partial charge in [0, 0.05) is 0 Å². The summed E-state index contributed by atoms with van der Waals surface area (Å²) in [6.45, 7) is 4.35. The Bertz CT molecular complexity index is 751. The predicted molar refractivity (Wildman–Crippen MR) is 84.9 cm³/mol. The molecule has 23 heavy (non-hydrogen) atoms. The number of carbonyl (C=O) groups is 1. The summed E-state index contributed by atoms with van der Waals surface area (Å²) in [5, 5.41) is 0. The smallest absolute Gasteiger partial charge is 0.358 e. The van der Waals surface area contributed by atoms with Gasteiger partial charge in [0.2, 0.25) is 5.60 Å². The van der Waals surface area contributed by atoms with Crippen LogP contribution in [-0.4, -0.2) is 34.3 Å². The number of hydrogen-bond acceptors (Lipinski definition) is 4. The normalized spacial score (nSPS) is 16.6. The summed E-state index contributed by atoms with van der Waals surface area (Å²) in [6, 6.07) is 9.92. The van der Waals surface area contributed by atoms with Crippen molar-refractivity contribution in [3.8, 4) is 11.8 Å². The predicted octanol–water partition coefficient (Wildman–Crippen LogP) is 2.44. The minimum Gasteiger partial charge on any atom is -0.436 e. The van der Waals surface area contributed by atoms with E-state index in [1.54, 1.807) is 13.3 Å². The molecule has 0 N–H and O–H groups in total. The third-order valence-corrected chi connectivity index (χ3v) is 3.89. The minimum absolute atomic E-state index is 0.0212. The van der Waals surface area contributed by atoms with Gasteiger partial charge in [0.1, 0.15) is 18.9 Å². The van der Waals surface area contributed by atoms with Crippen molar-refractivity contribution < 1.29 is 14.3 Å². The molecule has 1 atom stereocenters. The molecule has 1 aromatic heterocycles. The molecule has 1 saturated heterocycles. The molecule has 0 spiro atoms. The number of imidazole rings is 1. The van der Waals surface area contributed by atoms with E-state index >= 15 is 0 Å². The first-order chi connectivity index (χ1) is 11.2. The summed E-state index contributed by atoms with van der Waals surface area (Å²) in [5.41, 5.74) is 0.678. The van der Waals surface area contributed by atoms with Gasteiger partial charge in [-0.05, 0) is 19.4 Å². The Hall–Kier alpha value is -2.58. The van der Waals surface area contributed by atoms with Crippen LogP contribution in [0.5, 0.6) is 0 Å². The summed E-state index contributed by atoms with van der Waals surface area (Å²) in [6.07, 6.45) is 3.16. The lowest BCUT2D eigenvalue weighted by molar-refractivity contribution is -0.146. The number of ether oxygens (including phenoxy) is 2. The Morgan fingerprint density at radius 2 is 2.13 bits per heavy atom. The third-order valence-electron chi connectivity index (χ3n) is 3.89. The fourth-order valence-corrected chi connectivity index (χ4v) is 2.57. The zero-order valence-corrected chi connectivity index (χ0v) is 13.2. The van der Waals surface area contributed by atoms with Gasteiger partial charge < -0.3 is 14.0 Å². The fourth-order valence-electron chi connectivity index (χ4n) is 2.57. The third kappa shape index (κ3) is 2.99. The molecule has 5 nitrogen and oxygen atoms in total. The van der Waals surface area contributed by atoms with Gasteiger partial charge in [-0.25, -0.2) is 9.78 Å². The zero-order valence-electron chi connectivity index (χ0n) is 13.2. The highest BCUT2D eigenvalue weighted by atomic mass is 16.6. The average molecular weight is 310 g/mol. The molecule has 5 heteroatoms. The molecule has 118 valence electrons. The summed E-state index contributed by atoms with van der Waals surface area (Å²) in [4.78, 5) is 16.6. The Morgan fingerprint density at radius 1 is 1.39 bits per heavy atom. The Morgan fingerprint density at radius 3 is 2.74 bits per heavy atom. The number of hydrogen-bond donors (Lipinski definition) is 0. The van der Waals surface area contributed by atoms with Crippen LogP contribution in [0.4, 0.5) is 0 Å². The molecule has 1 aromatic carbocycles. The Balaban J connectivity index is 1.83. The quantitative estimate of drug-likeness (QED) is 0.643. The summed E-state index contributed by atoms with van der Waals surface area (Å²) in [7, 11) is 0. The first-order valence-corrected chi connectivity index (χ1v) is 7.47. The monoisotopic (exact) mass is 310 g/mol. The molecule has 1 aliphatic heterocycles. The van der Waals surface area contributed by atoms with Crippen molar-refractivity contribution in [3.05, 3.63) is 54.1 Å². The van der Waals surface area contributed by atoms with E-state index in [2.05, 4.69) is 16.8 Å². The van der Waals surface area contributed by atoms with Crippen molar-refractivity contribution in [2.75, 3.05) is 13.2 Å². The van der Waals surface area contributed by atoms with E-state index in [-0.39, 0.29) is 6.04 Å². The fraction of sp³-hybridized carbons (Fsp3) is 0.333. The molecule has 1 unspecified atom stereocenters. The zero-order chi connectivity index (χ0) is 16.3. The van der Waals surface area contributed by atoms with Crippen LogP contribution in [-0.2, 0) is 9.47 Å². The van der Waals surface area contributed by atoms with E-state index < -0.39 is 11.6 Å². The number of nitrogens with zero attached hydrogens (tertiary/aromatic N) is 2. The number of rotatable bonds is 4. The van der Waals surface area contributed by atoms with Crippen molar-refractivity contribution in [2.24, 2.45) is 0 Å². The molecular weight excluding hydrogens is 292 g/mol. The SMILES string of the molecule is CC#CC1(OC(=O)c2cncn2C(C)c2ccccc2)COC1. The van der Waals surface area contributed by atoms with Crippen LogP contribution in [0.15, 0.2) is 42.9 Å². The highest BCUT2D eigenvalue weighted by Crippen LogP contribution is 2.25. The molecule has 0 aliphatic carbocycles. The van der Waals surface area contributed by atoms with Gasteiger partial charge >= 0.3 is 5.97 Å². The van der Waals surface area contributed by atoms with Crippen LogP contribution in [0.25, 0.3) is 0 Å². The summed E-state index contributed by atoms with van der Waals surface area (Å²) in [5.74, 6) is 5.28. The lowest BCUT2D eigenvalue weighted by Gasteiger charge is -2.36. The van der Waals surface area contributed by atoms with Crippen molar-refractivity contribution in [1.29, 1.82) is 0 Å². The van der Waals surface area contributed by atoms with Gasteiger partial charge in [-0.2, -0.15) is 0 Å². The molecule has 1 aliphatic rings. The van der Waals surface area contributed by atoms with Gasteiger partial charge in [0.05, 0.1) is 18.6 Å². The van der Waals surface area contributed by atoms with E-state index in [1.807, 2.05) is 41.8 Å². The van der Waals surface area contributed by atoms with Gasteiger partial charge in [-0.1, -0.05) is 36.3 Å². The summed E-state index contributed by atoms with van der Waals surface area (Å²) < 4.78 is 12.6. The molecule has 0 radical (unpaired) electrons. The number of benzene rings is 1. The van der Waals surface area contributed by atoms with Crippen molar-refractivity contribution in [3.63, 3.8) is 0 Å². The molecule has 0 bridgehead atoms. The van der Waals surface area contributed by atoms with Gasteiger partial charge in [0.25, 0.3) is 0 Å². The van der Waals surface area contributed by atoms with Gasteiger partial charge in [0.15, 0.2) is 0 Å². The largest absolute Gasteiger partial charge is 0.436 e. The standard InChI is InChI=1S/C18H18N2O3/c1-3-9-18(11-22-12-18)23-17(21)16-10-19-13-20(16)14(2)15-7-5-4-6-8-15/h4-8,10,13-14H,11-12H2,1-2H3. The number of esters is 1. The first-order valence-electron chi connectivity index (χ1n) is 7.47. The van der Waals surface area contributed by atoms with E-state index in [0.29, 0.717) is 18.9 Å². The van der Waals surface area contributed by atoms with Gasteiger partial charge in [-0.15, -0.1) is 5.92 Å². The van der Waals surface area contributed by atoms with Crippen LogP contribution in [0.1, 0.15) is 35.9 Å². The van der Waals surface area contributed by atoms with Crippen molar-refractivity contribution in [2.45, 2.75) is 25.5 Å². The maximum atomic E-state index is 12.5. The molecular formula is C18H18N2O3. The second-order valence-electron chi connectivity index (χ2n) is 5.52. The van der Waals surface area contributed by atoms with Crippen molar-refractivity contribution >= 4 is 5.97 Å². The maximum absolute atomic E-state index is 12.5. The average Bonchev–Trinajstić information content (AvgIpc) is 3.02. The maximum Gasteiger partial charge on any atom is 0.358 e. The molecule has 2 heterocycles. The molecule has 2 aromatic rings. The molecule has 1 fully saturated rings. The minimum atomic E-state index is -0.823. The van der Waals surface area contributed by atoms with E-state index in [4.69, 9.17) is 9.47 Å². The van der Waals surface area contributed by atoms with Crippen LogP contribution in [0.2, 0.25) is 0 Å². The number of carbonyl (C=O) groups excluding carboxylic acids is 1. The second-order valence-corrected chi connectivity index (χ2v) is 5.52. The molecule has 3 rings (SSSR count). The van der Waals surface area contributed by atoms with E-state index in [1.165, 1.54) is 6.20 Å². The number of aromatic nitrogens is 2. The van der Waals surface area contributed by atoms with Crippen molar-refractivity contribution in [1.82, 2.24) is 9.55 Å². The lowest BCUT2D eigenvalue weighted by atomic mass is 10.0. The summed E-state index contributed by atoms with van der Waals surface area (Å²) >= 11 is 0. The Kier molecular flexibility index (Phi) is 4.18. The lowest BCUT2D eigenvalue weighted by Crippen LogP contribution is -2.52. The topological polar surface area (TPSA) is 53.3 Å². The second kappa shape index (κ2) is 6.27. The highest BCUT2D eigenvalue weighted by Gasteiger charge is 2.42. The van der Waals surface area contributed by atoms with Crippen LogP contribution < -0.4 is 0 Å². The molecule has 0 saturated carbocycles. The first kappa shape index (κ1) is 15.3. The van der Waals surface area contributed by atoms with Crippen LogP contribution in [0.3, 0.4) is 0 Å². The molecule has 0 amide bonds. The van der Waals surface area contributed by atoms with Crippen LogP contribution >= 0.6 is 0 Å². The van der Waals surface area contributed by atoms with E-state index in [9.17, 15) is 4.79 Å². The van der Waals surface area contributed by atoms with Gasteiger partial charge in [-0.3, -0.25) is 0 Å². The highest BCUT2D eigenvalue weighted by molar-refractivity contribution is 5.88.